The number of carboxylic acid groups (broad SMARTS) is 1. The molecule has 4 N–H and O–H groups in total. The lowest BCUT2D eigenvalue weighted by Crippen LogP contribution is -2.05. The number of hydrogen-bond acceptors (Lipinski definition) is 6. The van der Waals surface area contributed by atoms with Gasteiger partial charge in [0.2, 0.25) is 5.13 Å². The number of aryl methyl sites for hydroxylation is 1. The van der Waals surface area contributed by atoms with E-state index in [1.807, 2.05) is 0 Å². The number of aromatic nitrogens is 2. The van der Waals surface area contributed by atoms with Crippen LogP contribution in [0.4, 0.5) is 16.5 Å². The number of nitrogens with two attached hydrogens (primary N) is 1. The van der Waals surface area contributed by atoms with Crippen molar-refractivity contribution in [3.8, 4) is 0 Å². The Bertz CT molecular complexity index is 567. The van der Waals surface area contributed by atoms with E-state index in [1.54, 1.807) is 19.1 Å². The monoisotopic (exact) mass is 250 g/mol. The molecule has 0 aliphatic carbocycles. The number of carboxylic acids is 1. The van der Waals surface area contributed by atoms with E-state index in [0.717, 1.165) is 11.5 Å². The first-order chi connectivity index (χ1) is 8.08. The van der Waals surface area contributed by atoms with Gasteiger partial charge in [-0.1, -0.05) is 6.07 Å². The van der Waals surface area contributed by atoms with Gasteiger partial charge >= 0.3 is 5.97 Å². The molecule has 0 saturated heterocycles. The average molecular weight is 250 g/mol. The summed E-state index contributed by atoms with van der Waals surface area (Å²) < 4.78 is 4.00. The van der Waals surface area contributed by atoms with Gasteiger partial charge in [-0.25, -0.2) is 9.78 Å². The molecule has 0 unspecified atom stereocenters. The average Bonchev–Trinajstić information content (AvgIpc) is 2.67. The summed E-state index contributed by atoms with van der Waals surface area (Å²) in [6.45, 7) is 1.76. The Morgan fingerprint density at radius 3 is 2.88 bits per heavy atom. The molecule has 0 bridgehead atoms. The van der Waals surface area contributed by atoms with Gasteiger partial charge in [-0.3, -0.25) is 0 Å². The van der Waals surface area contributed by atoms with Gasteiger partial charge in [0.15, 0.2) is 0 Å². The Kier molecular flexibility index (Phi) is 2.92. The Morgan fingerprint density at radius 1 is 1.53 bits per heavy atom. The highest BCUT2D eigenvalue weighted by molar-refractivity contribution is 7.09. The molecule has 0 saturated carbocycles. The fraction of sp³-hybridized carbons (Fsp3) is 0.100. The highest BCUT2D eigenvalue weighted by Crippen LogP contribution is 2.27. The zero-order valence-corrected chi connectivity index (χ0v) is 9.78. The first kappa shape index (κ1) is 11.3. The summed E-state index contributed by atoms with van der Waals surface area (Å²) in [4.78, 5) is 15.1. The van der Waals surface area contributed by atoms with Gasteiger partial charge < -0.3 is 16.2 Å². The lowest BCUT2D eigenvalue weighted by atomic mass is 10.1. The summed E-state index contributed by atoms with van der Waals surface area (Å²) in [5, 5.41) is 12.4. The van der Waals surface area contributed by atoms with E-state index < -0.39 is 5.97 Å². The third-order valence-corrected chi connectivity index (χ3v) is 2.81. The largest absolute Gasteiger partial charge is 0.478 e. The second-order valence-corrected chi connectivity index (χ2v) is 4.10. The minimum atomic E-state index is -1.04. The molecule has 2 aromatic rings. The van der Waals surface area contributed by atoms with Crippen LogP contribution in [0.5, 0.6) is 0 Å². The fourth-order valence-corrected chi connectivity index (χ4v) is 1.92. The number of benzene rings is 1. The van der Waals surface area contributed by atoms with E-state index in [0.29, 0.717) is 22.3 Å². The van der Waals surface area contributed by atoms with Crippen LogP contribution in [0.3, 0.4) is 0 Å². The van der Waals surface area contributed by atoms with Gasteiger partial charge in [0.05, 0.1) is 16.9 Å². The second kappa shape index (κ2) is 4.38. The molecule has 2 rings (SSSR count). The maximum atomic E-state index is 11.0. The lowest BCUT2D eigenvalue weighted by molar-refractivity contribution is 0.0698. The van der Waals surface area contributed by atoms with Crippen LogP contribution in [-0.4, -0.2) is 20.4 Å². The van der Waals surface area contributed by atoms with Gasteiger partial charge in [0.25, 0.3) is 0 Å². The summed E-state index contributed by atoms with van der Waals surface area (Å²) in [7, 11) is 0. The van der Waals surface area contributed by atoms with Crippen LogP contribution in [0.1, 0.15) is 16.2 Å². The molecule has 1 aromatic heterocycles. The van der Waals surface area contributed by atoms with E-state index in [1.165, 1.54) is 6.07 Å². The smallest absolute Gasteiger partial charge is 0.337 e. The second-order valence-electron chi connectivity index (χ2n) is 3.35. The minimum absolute atomic E-state index is 0.109. The third kappa shape index (κ3) is 2.34. The van der Waals surface area contributed by atoms with Crippen molar-refractivity contribution >= 4 is 34.0 Å². The molecular formula is C10H10N4O2S. The molecule has 7 heteroatoms. The molecule has 1 aromatic carbocycles. The summed E-state index contributed by atoms with van der Waals surface area (Å²) in [5.74, 6) is -0.412. The van der Waals surface area contributed by atoms with Crippen LogP contribution in [0, 0.1) is 6.92 Å². The normalized spacial score (nSPS) is 10.2. The number of carbonyl (C=O) groups is 1. The number of aromatic carboxylic acids is 1. The van der Waals surface area contributed by atoms with E-state index in [9.17, 15) is 4.79 Å². The number of para-hydroxylation sites is 1. The quantitative estimate of drug-likeness (QED) is 0.719. The van der Waals surface area contributed by atoms with Gasteiger partial charge in [0.1, 0.15) is 5.82 Å². The number of nitrogen functional groups attached to an aromatic ring is 1. The number of hydrogen-bond donors (Lipinski definition) is 3. The first-order valence-electron chi connectivity index (χ1n) is 4.77. The third-order valence-electron chi connectivity index (χ3n) is 2.09. The van der Waals surface area contributed by atoms with Crippen molar-refractivity contribution in [1.29, 1.82) is 0 Å². The standard InChI is InChI=1S/C10H10N4O2S/c1-5-12-10(17-14-5)13-8-6(9(15)16)3-2-4-7(8)11/h2-4H,11H2,1H3,(H,15,16)(H,12,13,14). The Hall–Kier alpha value is -2.15. The first-order valence-corrected chi connectivity index (χ1v) is 5.54. The summed E-state index contributed by atoms with van der Waals surface area (Å²) in [6.07, 6.45) is 0. The molecule has 0 aliphatic heterocycles. The van der Waals surface area contributed by atoms with Gasteiger partial charge in [-0.15, -0.1) is 0 Å². The van der Waals surface area contributed by atoms with Crippen molar-refractivity contribution in [2.45, 2.75) is 6.92 Å². The van der Waals surface area contributed by atoms with Gasteiger partial charge in [0, 0.05) is 11.5 Å². The zero-order chi connectivity index (χ0) is 12.4. The van der Waals surface area contributed by atoms with E-state index >= 15 is 0 Å². The predicted molar refractivity (Wildman–Crippen MR) is 65.7 cm³/mol. The van der Waals surface area contributed by atoms with Crippen molar-refractivity contribution in [2.75, 3.05) is 11.1 Å². The van der Waals surface area contributed by atoms with Crippen molar-refractivity contribution in [3.05, 3.63) is 29.6 Å². The molecule has 0 fully saturated rings. The number of rotatable bonds is 3. The number of nitrogens with zero attached hydrogens (tertiary/aromatic N) is 2. The molecule has 88 valence electrons. The van der Waals surface area contributed by atoms with Crippen molar-refractivity contribution in [1.82, 2.24) is 9.36 Å². The van der Waals surface area contributed by atoms with Gasteiger partial charge in [-0.05, 0) is 19.1 Å². The molecule has 1 heterocycles. The van der Waals surface area contributed by atoms with E-state index in [2.05, 4.69) is 14.7 Å². The molecule has 6 nitrogen and oxygen atoms in total. The molecular weight excluding hydrogens is 240 g/mol. The van der Waals surface area contributed by atoms with Crippen LogP contribution < -0.4 is 11.1 Å². The van der Waals surface area contributed by atoms with Crippen molar-refractivity contribution in [3.63, 3.8) is 0 Å². The lowest BCUT2D eigenvalue weighted by Gasteiger charge is -2.09. The van der Waals surface area contributed by atoms with Crippen molar-refractivity contribution < 1.29 is 9.90 Å². The van der Waals surface area contributed by atoms with Gasteiger partial charge in [-0.2, -0.15) is 4.37 Å². The summed E-state index contributed by atoms with van der Waals surface area (Å²) in [6, 6.07) is 4.70. The fourth-order valence-electron chi connectivity index (χ4n) is 1.34. The molecule has 0 radical (unpaired) electrons. The zero-order valence-electron chi connectivity index (χ0n) is 8.97. The Balaban J connectivity index is 2.40. The molecule has 0 aliphatic rings. The maximum Gasteiger partial charge on any atom is 0.337 e. The Morgan fingerprint density at radius 2 is 2.29 bits per heavy atom. The predicted octanol–water partition coefficient (Wildman–Crippen LogP) is 1.87. The van der Waals surface area contributed by atoms with Crippen LogP contribution in [0.15, 0.2) is 18.2 Å². The van der Waals surface area contributed by atoms with Crippen LogP contribution in [0.25, 0.3) is 0 Å². The maximum absolute atomic E-state index is 11.0. The topological polar surface area (TPSA) is 101 Å². The van der Waals surface area contributed by atoms with Crippen molar-refractivity contribution in [2.24, 2.45) is 0 Å². The minimum Gasteiger partial charge on any atom is -0.478 e. The SMILES string of the molecule is Cc1nsc(Nc2c(N)cccc2C(=O)O)n1. The van der Waals surface area contributed by atoms with Crippen LogP contribution >= 0.6 is 11.5 Å². The van der Waals surface area contributed by atoms with Crippen LogP contribution in [0.2, 0.25) is 0 Å². The van der Waals surface area contributed by atoms with Crippen LogP contribution in [-0.2, 0) is 0 Å². The molecule has 0 atom stereocenters. The molecule has 0 amide bonds. The number of nitrogens with one attached hydrogen (secondary N) is 1. The Labute approximate surface area is 101 Å². The summed E-state index contributed by atoms with van der Waals surface area (Å²) >= 11 is 1.15. The van der Waals surface area contributed by atoms with E-state index in [-0.39, 0.29) is 5.56 Å². The van der Waals surface area contributed by atoms with E-state index in [4.69, 9.17) is 10.8 Å². The molecule has 17 heavy (non-hydrogen) atoms. The number of anilines is 3. The highest BCUT2D eigenvalue weighted by Gasteiger charge is 2.13. The highest BCUT2D eigenvalue weighted by atomic mass is 32.1. The summed E-state index contributed by atoms with van der Waals surface area (Å²) in [5.41, 5.74) is 6.56. The molecule has 0 spiro atoms.